The van der Waals surface area contributed by atoms with E-state index in [-0.39, 0.29) is 12.5 Å². The van der Waals surface area contributed by atoms with Gasteiger partial charge >= 0.3 is 0 Å². The minimum Gasteiger partial charge on any atom is -0.472 e. The number of nitrogen functional groups attached to an aromatic ring is 1. The zero-order chi connectivity index (χ0) is 28.2. The highest BCUT2D eigenvalue weighted by atomic mass is 35.5. The number of benzene rings is 3. The van der Waals surface area contributed by atoms with Crippen LogP contribution in [0.25, 0.3) is 0 Å². The van der Waals surface area contributed by atoms with E-state index in [0.717, 1.165) is 11.1 Å². The van der Waals surface area contributed by atoms with Crippen LogP contribution >= 0.6 is 23.2 Å². The van der Waals surface area contributed by atoms with Gasteiger partial charge in [0.1, 0.15) is 13.2 Å². The fraction of sp³-hybridized carbons (Fsp3) is 0.0690. The summed E-state index contributed by atoms with van der Waals surface area (Å²) < 4.78 is 11.0. The summed E-state index contributed by atoms with van der Waals surface area (Å²) in [5.41, 5.74) is 9.11. The number of aromatic nitrogens is 4. The van der Waals surface area contributed by atoms with Crippen molar-refractivity contribution in [1.82, 2.24) is 19.9 Å². The third-order valence-electron chi connectivity index (χ3n) is 5.24. The van der Waals surface area contributed by atoms with E-state index in [1.165, 1.54) is 6.20 Å². The van der Waals surface area contributed by atoms with Gasteiger partial charge in [-0.1, -0.05) is 41.4 Å². The Labute approximate surface area is 241 Å². The van der Waals surface area contributed by atoms with Gasteiger partial charge in [0.15, 0.2) is 0 Å². The molecule has 202 valence electrons. The van der Waals surface area contributed by atoms with Crippen LogP contribution in [0.1, 0.15) is 21.5 Å². The topological polar surface area (TPSA) is 125 Å². The van der Waals surface area contributed by atoms with E-state index in [1.807, 2.05) is 18.2 Å². The van der Waals surface area contributed by atoms with Crippen LogP contribution < -0.4 is 20.5 Å². The van der Waals surface area contributed by atoms with Gasteiger partial charge in [-0.3, -0.25) is 14.8 Å². The lowest BCUT2D eigenvalue weighted by Crippen LogP contribution is -2.12. The molecule has 0 unspecified atom stereocenters. The molecule has 0 bridgehead atoms. The molecule has 0 saturated heterocycles. The predicted molar refractivity (Wildman–Crippen MR) is 154 cm³/mol. The summed E-state index contributed by atoms with van der Waals surface area (Å²) >= 11 is 12.2. The molecule has 5 aromatic rings. The Hall–Kier alpha value is -4.73. The van der Waals surface area contributed by atoms with Crippen molar-refractivity contribution in [3.63, 3.8) is 0 Å². The molecule has 0 aliphatic rings. The van der Waals surface area contributed by atoms with Crippen molar-refractivity contribution in [1.29, 1.82) is 0 Å². The van der Waals surface area contributed by atoms with Gasteiger partial charge < -0.3 is 20.5 Å². The van der Waals surface area contributed by atoms with E-state index in [1.54, 1.807) is 79.5 Å². The molecule has 0 atom stereocenters. The molecule has 3 N–H and O–H groups in total. The van der Waals surface area contributed by atoms with Crippen LogP contribution in [0.2, 0.25) is 10.0 Å². The van der Waals surface area contributed by atoms with Crippen LogP contribution in [0.3, 0.4) is 0 Å². The smallest absolute Gasteiger partial charge is 0.255 e. The van der Waals surface area contributed by atoms with E-state index in [0.29, 0.717) is 45.4 Å². The second-order valence-corrected chi connectivity index (χ2v) is 8.96. The van der Waals surface area contributed by atoms with Crippen molar-refractivity contribution >= 4 is 40.5 Å². The molecule has 0 aliphatic heterocycles. The van der Waals surface area contributed by atoms with E-state index < -0.39 is 0 Å². The molecule has 0 radical (unpaired) electrons. The fourth-order valence-corrected chi connectivity index (χ4v) is 3.63. The minimum absolute atomic E-state index is 0.182. The Balaban J connectivity index is 0.000000201. The predicted octanol–water partition coefficient (Wildman–Crippen LogP) is 6.25. The lowest BCUT2D eigenvalue weighted by Gasteiger charge is -2.10. The molecule has 2 aromatic heterocycles. The molecular weight excluding hydrogens is 551 g/mol. The summed E-state index contributed by atoms with van der Waals surface area (Å²) in [4.78, 5) is 28.0. The van der Waals surface area contributed by atoms with E-state index in [2.05, 4.69) is 25.3 Å². The Morgan fingerprint density at radius 1 is 0.750 bits per heavy atom. The lowest BCUT2D eigenvalue weighted by molar-refractivity contribution is 0.102. The molecule has 11 heteroatoms. The van der Waals surface area contributed by atoms with Crippen LogP contribution in [-0.2, 0) is 13.2 Å². The van der Waals surface area contributed by atoms with Gasteiger partial charge in [-0.05, 0) is 48.5 Å². The maximum Gasteiger partial charge on any atom is 0.255 e. The third kappa shape index (κ3) is 8.65. The Morgan fingerprint density at radius 3 is 1.90 bits per heavy atom. The Bertz CT molecular complexity index is 1530. The van der Waals surface area contributed by atoms with E-state index in [9.17, 15) is 4.79 Å². The standard InChI is InChI=1S/C18H14ClN3O2.C11H10ClN3O/c19-16-7-6-15(22-18(23)13-4-2-1-3-5-13)10-14(16)12-24-17-11-20-8-9-21-17;12-10-2-1-9(13)5-8(10)7-16-11-6-14-3-4-15-11/h1-11H,12H2,(H,22,23);1-6H,7,13H2. The summed E-state index contributed by atoms with van der Waals surface area (Å²) in [6.07, 6.45) is 9.33. The van der Waals surface area contributed by atoms with Gasteiger partial charge in [-0.2, -0.15) is 0 Å². The van der Waals surface area contributed by atoms with Crippen LogP contribution in [0.5, 0.6) is 11.8 Å². The van der Waals surface area contributed by atoms with Crippen molar-refractivity contribution in [2.75, 3.05) is 11.1 Å². The molecule has 0 aliphatic carbocycles. The number of hydrogen-bond donors (Lipinski definition) is 2. The number of rotatable bonds is 8. The highest BCUT2D eigenvalue weighted by Crippen LogP contribution is 2.23. The van der Waals surface area contributed by atoms with Gasteiger partial charge in [0.05, 0.1) is 12.4 Å². The molecule has 0 fully saturated rings. The summed E-state index contributed by atoms with van der Waals surface area (Å²) in [5.74, 6) is 0.687. The van der Waals surface area contributed by atoms with Gasteiger partial charge in [0, 0.05) is 62.9 Å². The average Bonchev–Trinajstić information content (AvgIpc) is 2.99. The number of ether oxygens (including phenoxy) is 2. The third-order valence-corrected chi connectivity index (χ3v) is 5.98. The number of halogens is 2. The molecule has 0 spiro atoms. The highest BCUT2D eigenvalue weighted by Gasteiger charge is 2.09. The zero-order valence-electron chi connectivity index (χ0n) is 21.1. The number of anilines is 2. The van der Waals surface area contributed by atoms with Crippen LogP contribution in [-0.4, -0.2) is 25.8 Å². The minimum atomic E-state index is -0.182. The first-order valence-corrected chi connectivity index (χ1v) is 12.7. The first-order chi connectivity index (χ1) is 19.5. The van der Waals surface area contributed by atoms with Gasteiger partial charge in [-0.15, -0.1) is 0 Å². The Kier molecular flexibility index (Phi) is 10.2. The summed E-state index contributed by atoms with van der Waals surface area (Å²) in [5, 5.41) is 4.02. The maximum atomic E-state index is 12.2. The SMILES string of the molecule is Nc1ccc(Cl)c(COc2cnccn2)c1.O=C(Nc1ccc(Cl)c(COc2cnccn2)c1)c1ccccc1. The number of carbonyl (C=O) groups is 1. The quantitative estimate of drug-likeness (QED) is 0.208. The van der Waals surface area contributed by atoms with Gasteiger partial charge in [-0.25, -0.2) is 9.97 Å². The average molecular weight is 575 g/mol. The van der Waals surface area contributed by atoms with Crippen LogP contribution in [0.4, 0.5) is 11.4 Å². The Morgan fingerprint density at radius 2 is 1.32 bits per heavy atom. The number of nitrogens with zero attached hydrogens (tertiary/aromatic N) is 4. The molecule has 3 aromatic carbocycles. The molecule has 0 saturated carbocycles. The number of carbonyl (C=O) groups excluding carboxylic acids is 1. The number of amides is 1. The molecule has 9 nitrogen and oxygen atoms in total. The van der Waals surface area contributed by atoms with Gasteiger partial charge in [0.25, 0.3) is 5.91 Å². The second kappa shape index (κ2) is 14.4. The lowest BCUT2D eigenvalue weighted by atomic mass is 10.2. The first kappa shape index (κ1) is 28.3. The summed E-state index contributed by atoms with van der Waals surface area (Å²) in [6.45, 7) is 0.551. The number of hydrogen-bond acceptors (Lipinski definition) is 8. The monoisotopic (exact) mass is 574 g/mol. The zero-order valence-corrected chi connectivity index (χ0v) is 22.6. The number of nitrogens with two attached hydrogens (primary N) is 1. The molecule has 40 heavy (non-hydrogen) atoms. The highest BCUT2D eigenvalue weighted by molar-refractivity contribution is 6.31. The van der Waals surface area contributed by atoms with Crippen molar-refractivity contribution in [3.05, 3.63) is 131 Å². The molecule has 1 amide bonds. The second-order valence-electron chi connectivity index (χ2n) is 8.14. The normalized spacial score (nSPS) is 10.2. The van der Waals surface area contributed by atoms with Crippen molar-refractivity contribution < 1.29 is 14.3 Å². The van der Waals surface area contributed by atoms with Crippen molar-refractivity contribution in [2.24, 2.45) is 0 Å². The fourth-order valence-electron chi connectivity index (χ4n) is 3.28. The molecular formula is C29H24Cl2N6O3. The van der Waals surface area contributed by atoms with Gasteiger partial charge in [0.2, 0.25) is 11.8 Å². The van der Waals surface area contributed by atoms with Crippen molar-refractivity contribution in [3.8, 4) is 11.8 Å². The van der Waals surface area contributed by atoms with E-state index in [4.69, 9.17) is 38.4 Å². The maximum absolute atomic E-state index is 12.2. The van der Waals surface area contributed by atoms with E-state index >= 15 is 0 Å². The first-order valence-electron chi connectivity index (χ1n) is 11.9. The number of nitrogens with one attached hydrogen (secondary N) is 1. The van der Waals surface area contributed by atoms with Crippen molar-refractivity contribution in [2.45, 2.75) is 13.2 Å². The summed E-state index contributed by atoms with van der Waals surface area (Å²) in [7, 11) is 0. The van der Waals surface area contributed by atoms with Crippen LogP contribution in [0.15, 0.2) is 104 Å². The summed E-state index contributed by atoms with van der Waals surface area (Å²) in [6, 6.07) is 19.5. The van der Waals surface area contributed by atoms with Crippen LogP contribution in [0, 0.1) is 0 Å². The molecule has 5 rings (SSSR count). The largest absolute Gasteiger partial charge is 0.472 e. The molecule has 2 heterocycles.